The fourth-order valence-electron chi connectivity index (χ4n) is 4.34. The van der Waals surface area contributed by atoms with Crippen LogP contribution in [0.1, 0.15) is 23.2 Å². The fraction of sp³-hybridized carbons (Fsp3) is 0.526. The van der Waals surface area contributed by atoms with Crippen LogP contribution in [0.5, 0.6) is 0 Å². The van der Waals surface area contributed by atoms with E-state index >= 15 is 0 Å². The van der Waals surface area contributed by atoms with Crippen molar-refractivity contribution in [3.8, 4) is 0 Å². The van der Waals surface area contributed by atoms with Crippen LogP contribution in [0.25, 0.3) is 0 Å². The average molecular weight is 314 g/mol. The molecule has 4 heteroatoms. The van der Waals surface area contributed by atoms with E-state index in [1.165, 1.54) is 31.5 Å². The van der Waals surface area contributed by atoms with Gasteiger partial charge in [0.05, 0.1) is 0 Å². The van der Waals surface area contributed by atoms with Crippen LogP contribution in [-0.4, -0.2) is 48.4 Å². The molecule has 0 spiro atoms. The smallest absolute Gasteiger partial charge is 0.253 e. The Morgan fingerprint density at radius 3 is 2.39 bits per heavy atom. The van der Waals surface area contributed by atoms with Crippen molar-refractivity contribution < 1.29 is 9.18 Å². The molecule has 3 aliphatic rings. The zero-order chi connectivity index (χ0) is 15.8. The van der Waals surface area contributed by atoms with Crippen LogP contribution in [0.3, 0.4) is 0 Å². The minimum Gasteiger partial charge on any atom is -0.336 e. The molecule has 23 heavy (non-hydrogen) atoms. The predicted octanol–water partition coefficient (Wildman–Crippen LogP) is 2.80. The molecule has 1 saturated carbocycles. The summed E-state index contributed by atoms with van der Waals surface area (Å²) in [4.78, 5) is 16.8. The van der Waals surface area contributed by atoms with E-state index in [0.29, 0.717) is 5.56 Å². The van der Waals surface area contributed by atoms with Crippen LogP contribution in [0.2, 0.25) is 0 Å². The first-order chi connectivity index (χ1) is 11.2. The third kappa shape index (κ3) is 3.05. The topological polar surface area (TPSA) is 23.6 Å². The van der Waals surface area contributed by atoms with E-state index < -0.39 is 0 Å². The van der Waals surface area contributed by atoms with Gasteiger partial charge in [0, 0.05) is 38.3 Å². The molecule has 2 aliphatic carbocycles. The molecule has 0 N–H and O–H groups in total. The molecule has 1 heterocycles. The van der Waals surface area contributed by atoms with E-state index in [-0.39, 0.29) is 11.7 Å². The fourth-order valence-corrected chi connectivity index (χ4v) is 4.34. The Kier molecular flexibility index (Phi) is 3.93. The molecule has 1 saturated heterocycles. The first-order valence-corrected chi connectivity index (χ1v) is 8.64. The van der Waals surface area contributed by atoms with Crippen molar-refractivity contribution in [3.63, 3.8) is 0 Å². The van der Waals surface area contributed by atoms with Crippen LogP contribution in [-0.2, 0) is 0 Å². The zero-order valence-electron chi connectivity index (χ0n) is 13.3. The van der Waals surface area contributed by atoms with Crippen molar-refractivity contribution in [2.75, 3.05) is 32.7 Å². The average Bonchev–Trinajstić information content (AvgIpc) is 3.18. The molecule has 4 rings (SSSR count). The van der Waals surface area contributed by atoms with Gasteiger partial charge in [-0.3, -0.25) is 9.69 Å². The number of fused-ring (bicyclic) bond motifs is 2. The molecular formula is C19H23FN2O. The van der Waals surface area contributed by atoms with Crippen LogP contribution in [0.15, 0.2) is 36.4 Å². The van der Waals surface area contributed by atoms with Crippen molar-refractivity contribution >= 4 is 5.91 Å². The number of amides is 1. The Labute approximate surface area is 136 Å². The van der Waals surface area contributed by atoms with Crippen molar-refractivity contribution in [2.24, 2.45) is 17.8 Å². The minimum atomic E-state index is -0.300. The van der Waals surface area contributed by atoms with Gasteiger partial charge in [-0.05, 0) is 54.9 Å². The number of carbonyl (C=O) groups excluding carboxylic acids is 1. The summed E-state index contributed by atoms with van der Waals surface area (Å²) in [6, 6.07) is 5.86. The standard InChI is InChI=1S/C19H23FN2O/c20-18-5-3-15(4-6-18)19(23)22-9-7-21(8-10-22)13-17-12-14-1-2-16(17)11-14/h1-6,14,16-17H,7-13H2. The van der Waals surface area contributed by atoms with Crippen LogP contribution < -0.4 is 0 Å². The Bertz CT molecular complexity index is 604. The number of carbonyl (C=O) groups is 1. The Morgan fingerprint density at radius 1 is 1.04 bits per heavy atom. The van der Waals surface area contributed by atoms with E-state index in [1.54, 1.807) is 12.1 Å². The lowest BCUT2D eigenvalue weighted by atomic mass is 9.93. The third-order valence-corrected chi connectivity index (χ3v) is 5.66. The summed E-state index contributed by atoms with van der Waals surface area (Å²) in [6.45, 7) is 4.61. The summed E-state index contributed by atoms with van der Waals surface area (Å²) in [7, 11) is 0. The summed E-state index contributed by atoms with van der Waals surface area (Å²) in [5.74, 6) is 2.15. The quantitative estimate of drug-likeness (QED) is 0.801. The van der Waals surface area contributed by atoms with Gasteiger partial charge in [0.25, 0.3) is 5.91 Å². The van der Waals surface area contributed by atoms with Crippen LogP contribution in [0, 0.1) is 23.6 Å². The van der Waals surface area contributed by atoms with E-state index in [4.69, 9.17) is 0 Å². The maximum Gasteiger partial charge on any atom is 0.253 e. The number of rotatable bonds is 3. The highest BCUT2D eigenvalue weighted by Crippen LogP contribution is 2.43. The maximum atomic E-state index is 13.0. The van der Waals surface area contributed by atoms with Crippen molar-refractivity contribution in [1.29, 1.82) is 0 Å². The van der Waals surface area contributed by atoms with Gasteiger partial charge >= 0.3 is 0 Å². The number of hydrogen-bond donors (Lipinski definition) is 0. The highest BCUT2D eigenvalue weighted by Gasteiger charge is 2.36. The third-order valence-electron chi connectivity index (χ3n) is 5.66. The number of hydrogen-bond acceptors (Lipinski definition) is 2. The number of benzene rings is 1. The first-order valence-electron chi connectivity index (χ1n) is 8.64. The number of allylic oxidation sites excluding steroid dienone is 2. The lowest BCUT2D eigenvalue weighted by Crippen LogP contribution is -2.50. The maximum absolute atomic E-state index is 13.0. The molecule has 0 aromatic heterocycles. The van der Waals surface area contributed by atoms with Gasteiger partial charge < -0.3 is 4.90 Å². The molecule has 0 radical (unpaired) electrons. The van der Waals surface area contributed by atoms with Gasteiger partial charge in [-0.2, -0.15) is 0 Å². The SMILES string of the molecule is O=C(c1ccc(F)cc1)N1CCN(CC2CC3C=CC2C3)CC1. The molecule has 1 amide bonds. The number of halogens is 1. The lowest BCUT2D eigenvalue weighted by Gasteiger charge is -2.37. The molecule has 1 aliphatic heterocycles. The molecule has 2 bridgehead atoms. The summed E-state index contributed by atoms with van der Waals surface area (Å²) in [5, 5.41) is 0. The van der Waals surface area contributed by atoms with Gasteiger partial charge in [0.15, 0.2) is 0 Å². The summed E-state index contributed by atoms with van der Waals surface area (Å²) >= 11 is 0. The van der Waals surface area contributed by atoms with Crippen molar-refractivity contribution in [1.82, 2.24) is 9.80 Å². The number of piperazine rings is 1. The predicted molar refractivity (Wildman–Crippen MR) is 87.6 cm³/mol. The minimum absolute atomic E-state index is 0.0208. The molecule has 3 unspecified atom stereocenters. The van der Waals surface area contributed by atoms with Crippen LogP contribution in [0.4, 0.5) is 4.39 Å². The van der Waals surface area contributed by atoms with E-state index in [2.05, 4.69) is 17.1 Å². The van der Waals surface area contributed by atoms with Crippen molar-refractivity contribution in [3.05, 3.63) is 47.8 Å². The molecule has 3 nitrogen and oxygen atoms in total. The van der Waals surface area contributed by atoms with Crippen molar-refractivity contribution in [2.45, 2.75) is 12.8 Å². The molecule has 1 aromatic rings. The summed E-state index contributed by atoms with van der Waals surface area (Å²) in [6.07, 6.45) is 7.50. The molecule has 2 fully saturated rings. The molecule has 122 valence electrons. The van der Waals surface area contributed by atoms with E-state index in [1.807, 2.05) is 4.90 Å². The summed E-state index contributed by atoms with van der Waals surface area (Å²) < 4.78 is 13.0. The monoisotopic (exact) mass is 314 g/mol. The number of nitrogens with zero attached hydrogens (tertiary/aromatic N) is 2. The second-order valence-electron chi connectivity index (χ2n) is 7.14. The van der Waals surface area contributed by atoms with Gasteiger partial charge in [0.1, 0.15) is 5.82 Å². The highest BCUT2D eigenvalue weighted by atomic mass is 19.1. The van der Waals surface area contributed by atoms with Gasteiger partial charge in [-0.15, -0.1) is 0 Å². The second-order valence-corrected chi connectivity index (χ2v) is 7.14. The molecule has 1 aromatic carbocycles. The lowest BCUT2D eigenvalue weighted by molar-refractivity contribution is 0.0610. The largest absolute Gasteiger partial charge is 0.336 e. The summed E-state index contributed by atoms with van der Waals surface area (Å²) in [5.41, 5.74) is 0.582. The van der Waals surface area contributed by atoms with Gasteiger partial charge in [0.2, 0.25) is 0 Å². The zero-order valence-corrected chi connectivity index (χ0v) is 13.3. The highest BCUT2D eigenvalue weighted by molar-refractivity contribution is 5.94. The molecular weight excluding hydrogens is 291 g/mol. The Balaban J connectivity index is 1.29. The first kappa shape index (κ1) is 14.9. The van der Waals surface area contributed by atoms with Gasteiger partial charge in [-0.25, -0.2) is 4.39 Å². The van der Waals surface area contributed by atoms with E-state index in [9.17, 15) is 9.18 Å². The normalized spacial score (nSPS) is 30.1. The van der Waals surface area contributed by atoms with Gasteiger partial charge in [-0.1, -0.05) is 12.2 Å². The van der Waals surface area contributed by atoms with Crippen LogP contribution >= 0.6 is 0 Å². The van der Waals surface area contributed by atoms with E-state index in [0.717, 1.165) is 43.9 Å². The molecule has 3 atom stereocenters. The Morgan fingerprint density at radius 2 is 1.78 bits per heavy atom. The Hall–Kier alpha value is -1.68. The second kappa shape index (κ2) is 6.08.